The second-order valence-electron chi connectivity index (χ2n) is 4.10. The van der Waals surface area contributed by atoms with Gasteiger partial charge in [0, 0.05) is 0 Å². The highest BCUT2D eigenvalue weighted by molar-refractivity contribution is 5.59. The molecule has 1 atom stereocenters. The van der Waals surface area contributed by atoms with Crippen molar-refractivity contribution in [3.63, 3.8) is 0 Å². The van der Waals surface area contributed by atoms with Crippen molar-refractivity contribution in [3.8, 4) is 0 Å². The summed E-state index contributed by atoms with van der Waals surface area (Å²) in [4.78, 5) is 3.13. The monoisotopic (exact) mass is 214 g/mol. The van der Waals surface area contributed by atoms with Crippen LogP contribution in [0.25, 0.3) is 0 Å². The first-order chi connectivity index (χ1) is 7.20. The molecule has 2 rings (SSSR count). The Morgan fingerprint density at radius 1 is 1.27 bits per heavy atom. The zero-order chi connectivity index (χ0) is 10.8. The van der Waals surface area contributed by atoms with E-state index in [2.05, 4.69) is 11.3 Å². The van der Waals surface area contributed by atoms with Crippen molar-refractivity contribution in [1.29, 1.82) is 0 Å². The number of aliphatic imine (C=N–C) groups is 1. The number of hydrogen-bond acceptors (Lipinski definition) is 3. The number of nitrogens with two attached hydrogens (primary N) is 1. The van der Waals surface area contributed by atoms with Crippen LogP contribution >= 0.6 is 0 Å². The molecule has 0 aromatic carbocycles. The molecule has 1 fully saturated rings. The molecule has 1 heterocycles. The van der Waals surface area contributed by atoms with Crippen LogP contribution in [-0.4, -0.2) is 17.4 Å². The second-order valence-corrected chi connectivity index (χ2v) is 4.10. The van der Waals surface area contributed by atoms with Crippen LogP contribution in [0.1, 0.15) is 32.1 Å². The molecule has 1 aliphatic heterocycles. The summed E-state index contributed by atoms with van der Waals surface area (Å²) in [6.45, 7) is 0. The molecule has 1 saturated carbocycles. The van der Waals surface area contributed by atoms with Gasteiger partial charge in [-0.1, -0.05) is 19.3 Å². The quantitative estimate of drug-likeness (QED) is 0.536. The number of nitrogens with zero attached hydrogens (tertiary/aromatic N) is 2. The van der Waals surface area contributed by atoms with Crippen LogP contribution < -0.4 is 5.84 Å². The maximum atomic E-state index is 13.5. The van der Waals surface area contributed by atoms with Crippen molar-refractivity contribution in [1.82, 2.24) is 5.01 Å². The Labute approximate surface area is 87.6 Å². The Morgan fingerprint density at radius 3 is 2.60 bits per heavy atom. The molecule has 0 spiro atoms. The number of hydrazine groups is 1. The van der Waals surface area contributed by atoms with Crippen LogP contribution in [-0.2, 0) is 0 Å². The summed E-state index contributed by atoms with van der Waals surface area (Å²) in [5.41, 5.74) is 0. The molecule has 0 bridgehead atoms. The molecule has 1 radical (unpaired) electrons. The average Bonchev–Trinajstić information content (AvgIpc) is 2.26. The van der Waals surface area contributed by atoms with E-state index in [1.807, 2.05) is 0 Å². The van der Waals surface area contributed by atoms with Crippen molar-refractivity contribution in [2.45, 2.75) is 38.1 Å². The molecule has 0 saturated heterocycles. The zero-order valence-corrected chi connectivity index (χ0v) is 8.42. The summed E-state index contributed by atoms with van der Waals surface area (Å²) < 4.78 is 26.5. The molecule has 5 heteroatoms. The van der Waals surface area contributed by atoms with Gasteiger partial charge in [0.1, 0.15) is 6.04 Å². The molecule has 1 unspecified atom stereocenters. The summed E-state index contributed by atoms with van der Waals surface area (Å²) in [5.74, 6) is 3.71. The maximum absolute atomic E-state index is 13.5. The Bertz CT molecular complexity index is 295. The largest absolute Gasteiger partial charge is 0.281 e. The van der Waals surface area contributed by atoms with Crippen LogP contribution in [0.3, 0.4) is 0 Å². The standard InChI is InChI=1S/C10H14F2N3/c11-8-9(7-4-2-1-3-5-7)15(13)6-14-10(8)12/h7,9H,1-5,13H2. The van der Waals surface area contributed by atoms with E-state index >= 15 is 0 Å². The van der Waals surface area contributed by atoms with Gasteiger partial charge in [0.25, 0.3) is 0 Å². The van der Waals surface area contributed by atoms with Crippen LogP contribution in [0.4, 0.5) is 8.78 Å². The highest BCUT2D eigenvalue weighted by Gasteiger charge is 2.34. The average molecular weight is 214 g/mol. The maximum Gasteiger partial charge on any atom is 0.249 e. The molecule has 15 heavy (non-hydrogen) atoms. The van der Waals surface area contributed by atoms with Crippen LogP contribution in [0.2, 0.25) is 0 Å². The molecule has 0 amide bonds. The Morgan fingerprint density at radius 2 is 1.93 bits per heavy atom. The first-order valence-corrected chi connectivity index (χ1v) is 5.25. The smallest absolute Gasteiger partial charge is 0.249 e. The minimum Gasteiger partial charge on any atom is -0.281 e. The summed E-state index contributed by atoms with van der Waals surface area (Å²) >= 11 is 0. The van der Waals surface area contributed by atoms with E-state index in [-0.39, 0.29) is 5.92 Å². The SMILES string of the molecule is NN1[C]=NC(F)=C(F)C1C1CCCCC1. The molecule has 2 aliphatic rings. The van der Waals surface area contributed by atoms with Gasteiger partial charge < -0.3 is 0 Å². The predicted octanol–water partition coefficient (Wildman–Crippen LogP) is 2.14. The Kier molecular flexibility index (Phi) is 3.00. The summed E-state index contributed by atoms with van der Waals surface area (Å²) in [6.07, 6.45) is 7.33. The van der Waals surface area contributed by atoms with Gasteiger partial charge in [0.15, 0.2) is 12.2 Å². The van der Waals surface area contributed by atoms with E-state index < -0.39 is 17.8 Å². The minimum atomic E-state index is -1.08. The lowest BCUT2D eigenvalue weighted by Crippen LogP contribution is -2.47. The van der Waals surface area contributed by atoms with Gasteiger partial charge in [-0.3, -0.25) is 5.01 Å². The molecule has 83 valence electrons. The Balaban J connectivity index is 2.15. The van der Waals surface area contributed by atoms with E-state index in [0.717, 1.165) is 30.7 Å². The van der Waals surface area contributed by atoms with Crippen LogP contribution in [0, 0.1) is 5.92 Å². The van der Waals surface area contributed by atoms with Crippen molar-refractivity contribution in [3.05, 3.63) is 11.8 Å². The van der Waals surface area contributed by atoms with Gasteiger partial charge in [-0.25, -0.2) is 10.2 Å². The lowest BCUT2D eigenvalue weighted by molar-refractivity contribution is 0.182. The van der Waals surface area contributed by atoms with Crippen LogP contribution in [0.5, 0.6) is 0 Å². The van der Waals surface area contributed by atoms with Gasteiger partial charge in [0.05, 0.1) is 0 Å². The Hall–Kier alpha value is -0.970. The molecule has 0 aromatic heterocycles. The third-order valence-corrected chi connectivity index (χ3v) is 3.12. The lowest BCUT2D eigenvalue weighted by atomic mass is 9.83. The number of hydrogen-bond donors (Lipinski definition) is 1. The van der Waals surface area contributed by atoms with Gasteiger partial charge in [-0.15, -0.1) is 0 Å². The minimum absolute atomic E-state index is 0.0810. The van der Waals surface area contributed by atoms with Gasteiger partial charge in [-0.05, 0) is 18.8 Å². The van der Waals surface area contributed by atoms with Crippen molar-refractivity contribution < 1.29 is 8.78 Å². The highest BCUT2D eigenvalue weighted by atomic mass is 19.2. The fourth-order valence-electron chi connectivity index (χ4n) is 2.35. The molecular formula is C10H14F2N3. The fraction of sp³-hybridized carbons (Fsp3) is 0.700. The van der Waals surface area contributed by atoms with Gasteiger partial charge in [0.2, 0.25) is 5.95 Å². The second kappa shape index (κ2) is 4.26. The van der Waals surface area contributed by atoms with Gasteiger partial charge >= 0.3 is 0 Å². The third-order valence-electron chi connectivity index (χ3n) is 3.12. The predicted molar refractivity (Wildman–Crippen MR) is 53.1 cm³/mol. The molecule has 1 aliphatic carbocycles. The van der Waals surface area contributed by atoms with E-state index in [0.29, 0.717) is 0 Å². The number of halogens is 2. The molecule has 3 nitrogen and oxygen atoms in total. The summed E-state index contributed by atoms with van der Waals surface area (Å²) in [5, 5.41) is 1.06. The van der Waals surface area contributed by atoms with Crippen LogP contribution in [0.15, 0.2) is 16.8 Å². The first kappa shape index (κ1) is 10.5. The van der Waals surface area contributed by atoms with E-state index in [1.54, 1.807) is 0 Å². The molecule has 2 N–H and O–H groups in total. The normalized spacial score (nSPS) is 28.7. The fourth-order valence-corrected chi connectivity index (χ4v) is 2.35. The van der Waals surface area contributed by atoms with Crippen molar-refractivity contribution >= 4 is 6.34 Å². The number of rotatable bonds is 1. The van der Waals surface area contributed by atoms with E-state index in [1.165, 1.54) is 6.42 Å². The molecular weight excluding hydrogens is 200 g/mol. The van der Waals surface area contributed by atoms with Crippen molar-refractivity contribution in [2.75, 3.05) is 0 Å². The topological polar surface area (TPSA) is 41.6 Å². The van der Waals surface area contributed by atoms with E-state index in [9.17, 15) is 8.78 Å². The summed E-state index contributed by atoms with van der Waals surface area (Å²) in [7, 11) is 0. The molecule has 0 aromatic rings. The highest BCUT2D eigenvalue weighted by Crippen LogP contribution is 2.34. The zero-order valence-electron chi connectivity index (χ0n) is 8.42. The first-order valence-electron chi connectivity index (χ1n) is 5.25. The van der Waals surface area contributed by atoms with Crippen molar-refractivity contribution in [2.24, 2.45) is 16.8 Å². The third kappa shape index (κ3) is 2.02. The van der Waals surface area contributed by atoms with Gasteiger partial charge in [-0.2, -0.15) is 9.38 Å². The summed E-state index contributed by atoms with van der Waals surface area (Å²) in [6, 6.07) is -0.706. The van der Waals surface area contributed by atoms with E-state index in [4.69, 9.17) is 5.84 Å². The lowest BCUT2D eigenvalue weighted by Gasteiger charge is -2.34.